The first-order valence-electron chi connectivity index (χ1n) is 9.38. The molecule has 4 rings (SSSR count). The number of rotatable bonds is 4. The molecule has 1 aliphatic carbocycles. The number of fused-ring (bicyclic) bond motifs is 1. The highest BCUT2D eigenvalue weighted by Gasteiger charge is 2.31. The van der Waals surface area contributed by atoms with Crippen LogP contribution in [-0.4, -0.2) is 40.1 Å². The zero-order valence-corrected chi connectivity index (χ0v) is 15.9. The molecule has 0 spiro atoms. The summed E-state index contributed by atoms with van der Waals surface area (Å²) in [6.45, 7) is 1.19. The van der Waals surface area contributed by atoms with Crippen LogP contribution >= 0.6 is 11.3 Å². The topological polar surface area (TPSA) is 82.5 Å². The van der Waals surface area contributed by atoms with E-state index in [1.165, 1.54) is 16.1 Å². The van der Waals surface area contributed by atoms with Gasteiger partial charge in [-0.1, -0.05) is 30.3 Å². The van der Waals surface area contributed by atoms with E-state index in [2.05, 4.69) is 29.6 Å². The lowest BCUT2D eigenvalue weighted by Crippen LogP contribution is -2.38. The summed E-state index contributed by atoms with van der Waals surface area (Å²) < 4.78 is 0. The number of aromatic nitrogens is 1. The van der Waals surface area contributed by atoms with E-state index in [0.29, 0.717) is 25.4 Å². The van der Waals surface area contributed by atoms with Gasteiger partial charge >= 0.3 is 12.0 Å². The van der Waals surface area contributed by atoms with Crippen molar-refractivity contribution in [3.05, 3.63) is 51.5 Å². The van der Waals surface area contributed by atoms with E-state index in [4.69, 9.17) is 10.1 Å². The fourth-order valence-electron chi connectivity index (χ4n) is 3.92. The smallest absolute Gasteiger partial charge is 0.317 e. The van der Waals surface area contributed by atoms with Gasteiger partial charge in [0.2, 0.25) is 0 Å². The largest absolute Gasteiger partial charge is 0.481 e. The molecule has 1 aliphatic heterocycles. The zero-order valence-electron chi connectivity index (χ0n) is 15.1. The molecule has 27 heavy (non-hydrogen) atoms. The van der Waals surface area contributed by atoms with Crippen molar-refractivity contribution < 1.29 is 14.7 Å². The predicted molar refractivity (Wildman–Crippen MR) is 103 cm³/mol. The van der Waals surface area contributed by atoms with E-state index >= 15 is 0 Å². The van der Waals surface area contributed by atoms with Crippen LogP contribution in [0, 0.1) is 5.92 Å². The van der Waals surface area contributed by atoms with Gasteiger partial charge in [-0.2, -0.15) is 0 Å². The van der Waals surface area contributed by atoms with E-state index in [1.807, 2.05) is 6.07 Å². The Morgan fingerprint density at radius 2 is 2.07 bits per heavy atom. The van der Waals surface area contributed by atoms with E-state index in [1.54, 1.807) is 16.2 Å². The van der Waals surface area contributed by atoms with Gasteiger partial charge in [-0.15, -0.1) is 11.3 Å². The first-order chi connectivity index (χ1) is 13.1. The maximum atomic E-state index is 12.3. The molecular formula is C20H23N3O3S. The standard InChI is InChI=1S/C20H23N3O3S/c24-19(25)15-8-9-23(12-15)20(26)21-11-18-22-16-7-6-14(10-17(16)27-18)13-4-2-1-3-5-13/h1-5,14-15H,6-12H2,(H,21,26)(H,24,25). The molecular weight excluding hydrogens is 362 g/mol. The molecule has 2 aliphatic rings. The molecule has 2 amide bonds. The summed E-state index contributed by atoms with van der Waals surface area (Å²) >= 11 is 1.69. The average Bonchev–Trinajstić information content (AvgIpc) is 3.33. The van der Waals surface area contributed by atoms with Crippen LogP contribution in [0.5, 0.6) is 0 Å². The molecule has 2 N–H and O–H groups in total. The Morgan fingerprint density at radius 1 is 1.26 bits per heavy atom. The molecule has 1 saturated heterocycles. The SMILES string of the molecule is O=C(O)C1CCN(C(=O)NCc2nc3c(s2)CC(c2ccccc2)CC3)C1. The van der Waals surface area contributed by atoms with Crippen molar-refractivity contribution in [2.45, 2.75) is 38.1 Å². The van der Waals surface area contributed by atoms with E-state index in [9.17, 15) is 9.59 Å². The quantitative estimate of drug-likeness (QED) is 0.847. The molecule has 6 nitrogen and oxygen atoms in total. The van der Waals surface area contributed by atoms with Gasteiger partial charge in [0.1, 0.15) is 5.01 Å². The number of aryl methyl sites for hydroxylation is 1. The summed E-state index contributed by atoms with van der Waals surface area (Å²) in [5.41, 5.74) is 2.55. The Kier molecular flexibility index (Phi) is 5.11. The molecule has 1 aromatic heterocycles. The molecule has 1 fully saturated rings. The van der Waals surface area contributed by atoms with Crippen LogP contribution < -0.4 is 5.32 Å². The number of amides is 2. The Bertz CT molecular complexity index is 836. The van der Waals surface area contributed by atoms with Crippen LogP contribution in [0.25, 0.3) is 0 Å². The summed E-state index contributed by atoms with van der Waals surface area (Å²) in [6.07, 6.45) is 3.62. The zero-order chi connectivity index (χ0) is 18.8. The summed E-state index contributed by atoms with van der Waals surface area (Å²) in [5, 5.41) is 12.9. The van der Waals surface area contributed by atoms with Crippen LogP contribution in [0.15, 0.2) is 30.3 Å². The van der Waals surface area contributed by atoms with Crippen molar-refractivity contribution in [3.8, 4) is 0 Å². The molecule has 0 radical (unpaired) electrons. The molecule has 2 heterocycles. The minimum absolute atomic E-state index is 0.200. The number of nitrogens with one attached hydrogen (secondary N) is 1. The van der Waals surface area contributed by atoms with Crippen LogP contribution in [0.3, 0.4) is 0 Å². The van der Waals surface area contributed by atoms with E-state index < -0.39 is 11.9 Å². The molecule has 2 aromatic rings. The van der Waals surface area contributed by atoms with Crippen LogP contribution in [-0.2, 0) is 24.2 Å². The molecule has 7 heteroatoms. The Labute approximate surface area is 162 Å². The number of carbonyl (C=O) groups excluding carboxylic acids is 1. The first-order valence-corrected chi connectivity index (χ1v) is 10.2. The van der Waals surface area contributed by atoms with Gasteiger partial charge in [0, 0.05) is 18.0 Å². The fourth-order valence-corrected chi connectivity index (χ4v) is 5.06. The second-order valence-electron chi connectivity index (χ2n) is 7.26. The van der Waals surface area contributed by atoms with Crippen LogP contribution in [0.2, 0.25) is 0 Å². The highest BCUT2D eigenvalue weighted by molar-refractivity contribution is 7.11. The summed E-state index contributed by atoms with van der Waals surface area (Å²) in [6, 6.07) is 10.4. The van der Waals surface area contributed by atoms with Crippen molar-refractivity contribution in [1.29, 1.82) is 0 Å². The first kappa shape index (κ1) is 18.0. The van der Waals surface area contributed by atoms with Crippen molar-refractivity contribution >= 4 is 23.3 Å². The lowest BCUT2D eigenvalue weighted by Gasteiger charge is -2.21. The summed E-state index contributed by atoms with van der Waals surface area (Å²) in [4.78, 5) is 30.9. The Hall–Kier alpha value is -2.41. The molecule has 142 valence electrons. The maximum Gasteiger partial charge on any atom is 0.317 e. The van der Waals surface area contributed by atoms with Gasteiger partial charge in [-0.3, -0.25) is 4.79 Å². The fraction of sp³-hybridized carbons (Fsp3) is 0.450. The molecule has 1 aromatic carbocycles. The van der Waals surface area contributed by atoms with Crippen molar-refractivity contribution in [2.24, 2.45) is 5.92 Å². The number of carboxylic acids is 1. The number of carbonyl (C=O) groups is 2. The van der Waals surface area contributed by atoms with Crippen molar-refractivity contribution in [1.82, 2.24) is 15.2 Å². The molecule has 2 atom stereocenters. The number of likely N-dealkylation sites (tertiary alicyclic amines) is 1. The number of hydrogen-bond acceptors (Lipinski definition) is 4. The number of thiazole rings is 1. The highest BCUT2D eigenvalue weighted by atomic mass is 32.1. The summed E-state index contributed by atoms with van der Waals surface area (Å²) in [7, 11) is 0. The maximum absolute atomic E-state index is 12.3. The minimum Gasteiger partial charge on any atom is -0.481 e. The second kappa shape index (κ2) is 7.68. The van der Waals surface area contributed by atoms with E-state index in [0.717, 1.165) is 24.3 Å². The average molecular weight is 385 g/mol. The van der Waals surface area contributed by atoms with Crippen LogP contribution in [0.1, 0.15) is 39.9 Å². The molecule has 0 bridgehead atoms. The number of urea groups is 1. The Balaban J connectivity index is 1.34. The number of benzene rings is 1. The number of hydrogen-bond donors (Lipinski definition) is 2. The Morgan fingerprint density at radius 3 is 2.81 bits per heavy atom. The minimum atomic E-state index is -0.828. The molecule has 2 unspecified atom stereocenters. The number of aliphatic carboxylic acids is 1. The van der Waals surface area contributed by atoms with Gasteiger partial charge in [-0.25, -0.2) is 9.78 Å². The van der Waals surface area contributed by atoms with Gasteiger partial charge in [-0.05, 0) is 37.2 Å². The monoisotopic (exact) mass is 385 g/mol. The second-order valence-corrected chi connectivity index (χ2v) is 8.42. The van der Waals surface area contributed by atoms with E-state index in [-0.39, 0.29) is 12.6 Å². The van der Waals surface area contributed by atoms with Gasteiger partial charge < -0.3 is 15.3 Å². The highest BCUT2D eigenvalue weighted by Crippen LogP contribution is 2.35. The predicted octanol–water partition coefficient (Wildman–Crippen LogP) is 3.03. The normalized spacial score (nSPS) is 21.7. The third-order valence-corrected chi connectivity index (χ3v) is 6.59. The summed E-state index contributed by atoms with van der Waals surface area (Å²) in [5.74, 6) is -0.733. The lowest BCUT2D eigenvalue weighted by atomic mass is 9.85. The lowest BCUT2D eigenvalue weighted by molar-refractivity contribution is -0.141. The molecule has 0 saturated carbocycles. The van der Waals surface area contributed by atoms with Crippen molar-refractivity contribution in [2.75, 3.05) is 13.1 Å². The van der Waals surface area contributed by atoms with Gasteiger partial charge in [0.15, 0.2) is 0 Å². The third kappa shape index (κ3) is 3.98. The van der Waals surface area contributed by atoms with Gasteiger partial charge in [0.25, 0.3) is 0 Å². The number of nitrogens with zero attached hydrogens (tertiary/aromatic N) is 2. The third-order valence-electron chi connectivity index (χ3n) is 5.47. The van der Waals surface area contributed by atoms with Gasteiger partial charge in [0.05, 0.1) is 18.2 Å². The van der Waals surface area contributed by atoms with Crippen molar-refractivity contribution in [3.63, 3.8) is 0 Å². The number of carboxylic acid groups (broad SMARTS) is 1. The van der Waals surface area contributed by atoms with Crippen LogP contribution in [0.4, 0.5) is 4.79 Å².